The van der Waals surface area contributed by atoms with Gasteiger partial charge in [0.2, 0.25) is 0 Å². The predicted octanol–water partition coefficient (Wildman–Crippen LogP) is 3.15. The van der Waals surface area contributed by atoms with Crippen molar-refractivity contribution < 1.29 is 4.39 Å². The molecule has 0 bridgehead atoms. The molecule has 0 aliphatic rings. The number of hydrogen-bond donors (Lipinski definition) is 0. The van der Waals surface area contributed by atoms with Gasteiger partial charge >= 0.3 is 0 Å². The third kappa shape index (κ3) is 2.04. The zero-order chi connectivity index (χ0) is 8.27. The van der Waals surface area contributed by atoms with Crippen LogP contribution in [-0.4, -0.2) is 0 Å². The van der Waals surface area contributed by atoms with Gasteiger partial charge in [-0.25, -0.2) is 4.39 Å². The topological polar surface area (TPSA) is 0 Å². The first kappa shape index (κ1) is 8.25. The van der Waals surface area contributed by atoms with Crippen LogP contribution in [-0.2, 0) is 0 Å². The Morgan fingerprint density at radius 2 is 1.91 bits per heavy atom. The number of halogens is 1. The van der Waals surface area contributed by atoms with Gasteiger partial charge in [-0.15, -0.1) is 0 Å². The van der Waals surface area contributed by atoms with Gasteiger partial charge in [-0.1, -0.05) is 19.1 Å². The van der Waals surface area contributed by atoms with Crippen LogP contribution in [0.15, 0.2) is 24.3 Å². The van der Waals surface area contributed by atoms with Gasteiger partial charge in [0.15, 0.2) is 0 Å². The summed E-state index contributed by atoms with van der Waals surface area (Å²) in [6.07, 6.45) is 0.992. The van der Waals surface area contributed by atoms with Gasteiger partial charge in [0, 0.05) is 0 Å². The summed E-state index contributed by atoms with van der Waals surface area (Å²) < 4.78 is 12.4. The minimum Gasteiger partial charge on any atom is -0.207 e. The molecule has 0 amide bonds. The lowest BCUT2D eigenvalue weighted by Crippen LogP contribution is -1.90. The average molecular weight is 151 g/mol. The molecule has 59 valence electrons. The van der Waals surface area contributed by atoms with Crippen molar-refractivity contribution in [1.82, 2.24) is 0 Å². The van der Waals surface area contributed by atoms with Crippen LogP contribution in [0.2, 0.25) is 0 Å². The Morgan fingerprint density at radius 3 is 2.36 bits per heavy atom. The molecule has 11 heavy (non-hydrogen) atoms. The van der Waals surface area contributed by atoms with Crippen LogP contribution in [0.5, 0.6) is 0 Å². The van der Waals surface area contributed by atoms with E-state index in [2.05, 4.69) is 13.8 Å². The number of hydrogen-bond acceptors (Lipinski definition) is 0. The third-order valence-corrected chi connectivity index (χ3v) is 1.83. The van der Waals surface area contributed by atoms with Crippen molar-refractivity contribution in [3.63, 3.8) is 0 Å². The Bertz CT molecular complexity index is 213. The molecular weight excluding hydrogens is 139 g/mol. The molecule has 0 spiro atoms. The van der Waals surface area contributed by atoms with E-state index < -0.39 is 0 Å². The second-order valence-corrected chi connectivity index (χ2v) is 2.66. The number of rotatable bonds is 2. The Balaban J connectivity index is 2.81. The zero-order valence-corrected chi connectivity index (χ0v) is 6.68. The number of benzene rings is 1. The van der Waals surface area contributed by atoms with Crippen molar-refractivity contribution in [3.8, 4) is 0 Å². The highest BCUT2D eigenvalue weighted by atomic mass is 19.1. The molecule has 0 saturated heterocycles. The first-order chi connectivity index (χ1) is 5.24. The van der Waals surface area contributed by atoms with Crippen LogP contribution < -0.4 is 0 Å². The van der Waals surface area contributed by atoms with Crippen molar-refractivity contribution in [3.05, 3.63) is 42.6 Å². The monoisotopic (exact) mass is 151 g/mol. The predicted molar refractivity (Wildman–Crippen MR) is 44.8 cm³/mol. The van der Waals surface area contributed by atoms with E-state index in [0.29, 0.717) is 0 Å². The quantitative estimate of drug-likeness (QED) is 0.609. The molecule has 1 rings (SSSR count). The first-order valence-corrected chi connectivity index (χ1v) is 3.82. The fourth-order valence-corrected chi connectivity index (χ4v) is 0.971. The molecule has 1 radical (unpaired) electrons. The van der Waals surface area contributed by atoms with Crippen LogP contribution >= 0.6 is 0 Å². The second-order valence-electron chi connectivity index (χ2n) is 2.66. The van der Waals surface area contributed by atoms with Crippen LogP contribution in [0.4, 0.5) is 4.39 Å². The minimum atomic E-state index is -0.183. The molecule has 0 aliphatic heterocycles. The van der Waals surface area contributed by atoms with Gasteiger partial charge in [0.25, 0.3) is 0 Å². The molecule has 0 heterocycles. The summed E-state index contributed by atoms with van der Waals surface area (Å²) in [5.74, 6) is 0.104. The summed E-state index contributed by atoms with van der Waals surface area (Å²) in [6, 6.07) is 6.53. The highest BCUT2D eigenvalue weighted by molar-refractivity contribution is 5.20. The Labute approximate surface area is 67.1 Å². The maximum Gasteiger partial charge on any atom is 0.123 e. The van der Waals surface area contributed by atoms with Crippen molar-refractivity contribution >= 4 is 0 Å². The summed E-state index contributed by atoms with van der Waals surface area (Å²) >= 11 is 0. The first-order valence-electron chi connectivity index (χ1n) is 3.82. The molecule has 1 aromatic carbocycles. The molecule has 0 aromatic heterocycles. The van der Waals surface area contributed by atoms with Crippen LogP contribution in [0, 0.1) is 12.7 Å². The van der Waals surface area contributed by atoms with E-state index in [0.717, 1.165) is 12.0 Å². The van der Waals surface area contributed by atoms with E-state index >= 15 is 0 Å². The Kier molecular flexibility index (Phi) is 2.64. The lowest BCUT2D eigenvalue weighted by Gasteiger charge is -2.07. The molecule has 1 unspecified atom stereocenters. The largest absolute Gasteiger partial charge is 0.207 e. The van der Waals surface area contributed by atoms with Crippen LogP contribution in [0.25, 0.3) is 0 Å². The second kappa shape index (κ2) is 3.51. The summed E-state index contributed by atoms with van der Waals surface area (Å²) in [4.78, 5) is 0. The molecule has 1 aromatic rings. The van der Waals surface area contributed by atoms with E-state index in [1.165, 1.54) is 12.1 Å². The van der Waals surface area contributed by atoms with Gasteiger partial charge in [-0.2, -0.15) is 0 Å². The molecule has 0 saturated carbocycles. The highest BCUT2D eigenvalue weighted by Crippen LogP contribution is 2.17. The van der Waals surface area contributed by atoms with E-state index in [9.17, 15) is 4.39 Å². The summed E-state index contributed by atoms with van der Waals surface area (Å²) in [7, 11) is 0. The van der Waals surface area contributed by atoms with Crippen molar-refractivity contribution in [2.75, 3.05) is 0 Å². The lowest BCUT2D eigenvalue weighted by molar-refractivity contribution is 0.626. The maximum atomic E-state index is 12.4. The summed E-state index contributed by atoms with van der Waals surface area (Å²) in [6.45, 7) is 6.00. The molecule has 0 fully saturated rings. The molecule has 0 nitrogen and oxygen atoms in total. The van der Waals surface area contributed by atoms with E-state index in [1.54, 1.807) is 12.1 Å². The molecule has 1 atom stereocenters. The van der Waals surface area contributed by atoms with Crippen molar-refractivity contribution in [2.24, 2.45) is 0 Å². The van der Waals surface area contributed by atoms with Crippen molar-refractivity contribution in [2.45, 2.75) is 19.3 Å². The minimum absolute atomic E-state index is 0.183. The Morgan fingerprint density at radius 1 is 1.36 bits per heavy atom. The van der Waals surface area contributed by atoms with Gasteiger partial charge in [0.05, 0.1) is 0 Å². The highest BCUT2D eigenvalue weighted by Gasteiger charge is 2.01. The molecule has 1 heteroatoms. The lowest BCUT2D eigenvalue weighted by atomic mass is 9.99. The average Bonchev–Trinajstić information content (AvgIpc) is 2.05. The molecule has 0 aliphatic carbocycles. The summed E-state index contributed by atoms with van der Waals surface area (Å²) in [5.41, 5.74) is 1.11. The van der Waals surface area contributed by atoms with E-state index in [1.807, 2.05) is 0 Å². The fraction of sp³-hybridized carbons (Fsp3) is 0.300. The molecule has 0 N–H and O–H groups in total. The van der Waals surface area contributed by atoms with E-state index in [-0.39, 0.29) is 11.7 Å². The van der Waals surface area contributed by atoms with Crippen molar-refractivity contribution in [1.29, 1.82) is 0 Å². The SMILES string of the molecule is [CH2]C(CC)c1ccc(F)cc1. The summed E-state index contributed by atoms with van der Waals surface area (Å²) in [5, 5.41) is 0. The fourth-order valence-electron chi connectivity index (χ4n) is 0.971. The maximum absolute atomic E-state index is 12.4. The van der Waals surface area contributed by atoms with Gasteiger partial charge < -0.3 is 0 Å². The van der Waals surface area contributed by atoms with Crippen LogP contribution in [0.1, 0.15) is 24.8 Å². The van der Waals surface area contributed by atoms with Gasteiger partial charge in [0.1, 0.15) is 5.82 Å². The van der Waals surface area contributed by atoms with Crippen LogP contribution in [0.3, 0.4) is 0 Å². The third-order valence-electron chi connectivity index (χ3n) is 1.83. The molecular formula is C10H12F. The zero-order valence-electron chi connectivity index (χ0n) is 6.68. The standard InChI is InChI=1S/C10H12F/c1-3-8(2)9-4-6-10(11)7-5-9/h4-8H,2-3H2,1H3. The van der Waals surface area contributed by atoms with Gasteiger partial charge in [-0.05, 0) is 37.0 Å². The smallest absolute Gasteiger partial charge is 0.123 e. The normalized spacial score (nSPS) is 13.0. The Hall–Kier alpha value is -0.850. The van der Waals surface area contributed by atoms with E-state index in [4.69, 9.17) is 0 Å². The van der Waals surface area contributed by atoms with Gasteiger partial charge in [-0.3, -0.25) is 0 Å².